The Morgan fingerprint density at radius 3 is 1.57 bits per heavy atom. The second-order valence-electron chi connectivity index (χ2n) is 11.7. The van der Waals surface area contributed by atoms with Crippen LogP contribution in [0.1, 0.15) is 0 Å². The molecule has 7 aromatic carbocycles. The Hall–Kier alpha value is -6.12. The third-order valence-electron chi connectivity index (χ3n) is 9.04. The molecule has 46 heavy (non-hydrogen) atoms. The normalized spacial score (nSPS) is 11.5. The van der Waals surface area contributed by atoms with Crippen LogP contribution in [0.2, 0.25) is 0 Å². The van der Waals surface area contributed by atoms with Gasteiger partial charge in [-0.25, -0.2) is 0 Å². The number of hydrogen-bond donors (Lipinski definition) is 0. The van der Waals surface area contributed by atoms with E-state index in [4.69, 9.17) is 4.42 Å². The Morgan fingerprint density at radius 1 is 0.348 bits per heavy atom. The van der Waals surface area contributed by atoms with E-state index in [-0.39, 0.29) is 0 Å². The lowest BCUT2D eigenvalue weighted by atomic mass is 9.93. The zero-order valence-electron chi connectivity index (χ0n) is 25.1. The molecule has 9 rings (SSSR count). The van der Waals surface area contributed by atoms with E-state index in [2.05, 4.69) is 180 Å². The average Bonchev–Trinajstić information content (AvgIpc) is 3.69. The van der Waals surface area contributed by atoms with Gasteiger partial charge in [-0.3, -0.25) is 0 Å². The molecule has 0 saturated carbocycles. The Bertz CT molecular complexity index is 2500. The Kier molecular flexibility index (Phi) is 6.17. The maximum Gasteiger partial charge on any atom is 0.145 e. The lowest BCUT2D eigenvalue weighted by Gasteiger charge is -2.15. The summed E-state index contributed by atoms with van der Waals surface area (Å²) in [6.45, 7) is 0. The van der Waals surface area contributed by atoms with E-state index in [0.29, 0.717) is 0 Å². The van der Waals surface area contributed by atoms with Crippen LogP contribution in [0.5, 0.6) is 0 Å². The lowest BCUT2D eigenvalue weighted by Crippen LogP contribution is -1.96. The minimum Gasteiger partial charge on any atom is -0.455 e. The fourth-order valence-electron chi connectivity index (χ4n) is 7.02. The first-order chi connectivity index (χ1) is 22.9. The fourth-order valence-corrected chi connectivity index (χ4v) is 7.02. The monoisotopic (exact) mass is 587 g/mol. The molecule has 2 heteroatoms. The number of hydrogen-bond acceptors (Lipinski definition) is 1. The van der Waals surface area contributed by atoms with Crippen LogP contribution in [0.4, 0.5) is 0 Å². The summed E-state index contributed by atoms with van der Waals surface area (Å²) in [4.78, 5) is 0. The Balaban J connectivity index is 1.44. The van der Waals surface area contributed by atoms with E-state index >= 15 is 0 Å². The largest absolute Gasteiger partial charge is 0.455 e. The van der Waals surface area contributed by atoms with Crippen molar-refractivity contribution in [3.63, 3.8) is 0 Å². The molecule has 0 spiro atoms. The van der Waals surface area contributed by atoms with Crippen molar-refractivity contribution in [2.75, 3.05) is 0 Å². The predicted octanol–water partition coefficient (Wildman–Crippen LogP) is 12.2. The number of fused-ring (bicyclic) bond motifs is 4. The van der Waals surface area contributed by atoms with Gasteiger partial charge >= 0.3 is 0 Å². The van der Waals surface area contributed by atoms with Crippen molar-refractivity contribution < 1.29 is 4.42 Å². The minimum atomic E-state index is 0.873. The Morgan fingerprint density at radius 2 is 0.870 bits per heavy atom. The highest BCUT2D eigenvalue weighted by molar-refractivity contribution is 6.19. The summed E-state index contributed by atoms with van der Waals surface area (Å²) >= 11 is 0. The molecule has 2 nitrogen and oxygen atoms in total. The van der Waals surface area contributed by atoms with Gasteiger partial charge in [0.15, 0.2) is 0 Å². The van der Waals surface area contributed by atoms with Crippen LogP contribution in [-0.4, -0.2) is 4.57 Å². The van der Waals surface area contributed by atoms with Gasteiger partial charge in [-0.05, 0) is 40.5 Å². The van der Waals surface area contributed by atoms with Gasteiger partial charge in [0.2, 0.25) is 0 Å². The number of benzene rings is 7. The maximum atomic E-state index is 7.24. The first-order valence-electron chi connectivity index (χ1n) is 15.7. The van der Waals surface area contributed by atoms with Gasteiger partial charge in [0, 0.05) is 32.8 Å². The van der Waals surface area contributed by atoms with E-state index in [1.165, 1.54) is 16.3 Å². The highest BCUT2D eigenvalue weighted by Crippen LogP contribution is 2.49. The first-order valence-corrected chi connectivity index (χ1v) is 15.7. The number of furan rings is 1. The summed E-state index contributed by atoms with van der Waals surface area (Å²) in [5.74, 6) is 1.75. The number of rotatable bonds is 5. The van der Waals surface area contributed by atoms with Crippen molar-refractivity contribution in [1.29, 1.82) is 0 Å². The number of aromatic nitrogens is 1. The van der Waals surface area contributed by atoms with Gasteiger partial charge < -0.3 is 8.98 Å². The molecule has 0 aliphatic rings. The van der Waals surface area contributed by atoms with Crippen molar-refractivity contribution in [3.05, 3.63) is 176 Å². The molecule has 0 radical (unpaired) electrons. The van der Waals surface area contributed by atoms with Crippen LogP contribution in [0.25, 0.3) is 83.2 Å². The molecule has 0 aliphatic heterocycles. The molecule has 9 aromatic rings. The average molecular weight is 588 g/mol. The lowest BCUT2D eigenvalue weighted by molar-refractivity contribution is 0.603. The molecule has 0 amide bonds. The predicted molar refractivity (Wildman–Crippen MR) is 192 cm³/mol. The van der Waals surface area contributed by atoms with Crippen molar-refractivity contribution in [1.82, 2.24) is 4.57 Å². The van der Waals surface area contributed by atoms with Gasteiger partial charge in [-0.15, -0.1) is 0 Å². The van der Waals surface area contributed by atoms with Crippen molar-refractivity contribution in [2.45, 2.75) is 0 Å². The van der Waals surface area contributed by atoms with Crippen molar-refractivity contribution >= 4 is 32.6 Å². The van der Waals surface area contributed by atoms with Crippen LogP contribution in [0, 0.1) is 0 Å². The van der Waals surface area contributed by atoms with E-state index in [1.807, 2.05) is 0 Å². The molecule has 0 aliphatic carbocycles. The molecule has 0 bridgehead atoms. The van der Waals surface area contributed by atoms with E-state index < -0.39 is 0 Å². The topological polar surface area (TPSA) is 18.1 Å². The quantitative estimate of drug-likeness (QED) is 0.196. The summed E-state index contributed by atoms with van der Waals surface area (Å²) in [5, 5.41) is 4.60. The van der Waals surface area contributed by atoms with E-state index in [0.717, 1.165) is 66.9 Å². The molecular formula is C44H29NO. The second kappa shape index (κ2) is 10.8. The van der Waals surface area contributed by atoms with E-state index in [9.17, 15) is 0 Å². The molecule has 2 heterocycles. The molecular weight excluding hydrogens is 558 g/mol. The molecule has 2 aromatic heterocycles. The van der Waals surface area contributed by atoms with Gasteiger partial charge in [0.05, 0.1) is 16.6 Å². The SMILES string of the molecule is c1ccc(-c2ccccc2-c2oc(-c3c(-c4ccccc4)ccc4c5ccccc5n(-c5ccccc5)c34)c3ccccc23)cc1. The summed E-state index contributed by atoms with van der Waals surface area (Å²) in [5.41, 5.74) is 10.2. The molecule has 216 valence electrons. The number of nitrogens with zero attached hydrogens (tertiary/aromatic N) is 1. The third kappa shape index (κ3) is 4.12. The van der Waals surface area contributed by atoms with Crippen LogP contribution in [-0.2, 0) is 0 Å². The zero-order valence-corrected chi connectivity index (χ0v) is 25.1. The smallest absolute Gasteiger partial charge is 0.145 e. The summed E-state index contributed by atoms with van der Waals surface area (Å²) in [6.07, 6.45) is 0. The zero-order chi connectivity index (χ0) is 30.5. The van der Waals surface area contributed by atoms with Crippen LogP contribution >= 0.6 is 0 Å². The summed E-state index contributed by atoms with van der Waals surface area (Å²) < 4.78 is 9.65. The third-order valence-corrected chi connectivity index (χ3v) is 9.04. The van der Waals surface area contributed by atoms with Crippen molar-refractivity contribution in [2.24, 2.45) is 0 Å². The summed E-state index contributed by atoms with van der Waals surface area (Å²) in [7, 11) is 0. The van der Waals surface area contributed by atoms with Crippen LogP contribution in [0.15, 0.2) is 180 Å². The minimum absolute atomic E-state index is 0.873. The molecule has 0 saturated heterocycles. The maximum absolute atomic E-state index is 7.24. The second-order valence-corrected chi connectivity index (χ2v) is 11.7. The summed E-state index contributed by atoms with van der Waals surface area (Å²) in [6, 6.07) is 62.3. The standard InChI is InChI=1S/C44H29NO/c1-4-16-30(17-5-1)33-22-10-11-24-37(33)43-38-25-12-13-26-39(38)44(46-43)41-34(31-18-6-2-7-19-31)28-29-36-35-23-14-15-27-40(35)45(42(36)41)32-20-8-3-9-21-32/h1-29H. The first kappa shape index (κ1) is 26.3. The molecule has 0 N–H and O–H groups in total. The highest BCUT2D eigenvalue weighted by Gasteiger charge is 2.26. The van der Waals surface area contributed by atoms with Crippen LogP contribution in [0.3, 0.4) is 0 Å². The molecule has 0 fully saturated rings. The van der Waals surface area contributed by atoms with Crippen molar-refractivity contribution in [3.8, 4) is 50.6 Å². The highest BCUT2D eigenvalue weighted by atomic mass is 16.3. The number of para-hydroxylation sites is 2. The van der Waals surface area contributed by atoms with Gasteiger partial charge in [-0.2, -0.15) is 0 Å². The Labute approximate surface area is 267 Å². The van der Waals surface area contributed by atoms with Gasteiger partial charge in [0.25, 0.3) is 0 Å². The fraction of sp³-hybridized carbons (Fsp3) is 0. The molecule has 0 unspecified atom stereocenters. The van der Waals surface area contributed by atoms with Gasteiger partial charge in [0.1, 0.15) is 11.5 Å². The van der Waals surface area contributed by atoms with Gasteiger partial charge in [-0.1, -0.05) is 158 Å². The van der Waals surface area contributed by atoms with E-state index in [1.54, 1.807) is 0 Å². The molecule has 0 atom stereocenters. The van der Waals surface area contributed by atoms with Crippen LogP contribution < -0.4 is 0 Å².